The van der Waals surface area contributed by atoms with Gasteiger partial charge in [-0.05, 0) is 12.0 Å². The van der Waals surface area contributed by atoms with E-state index in [0.717, 1.165) is 0 Å². The largest absolute Gasteiger partial charge is 0.512 e. The highest BCUT2D eigenvalue weighted by atomic mass is 16.3. The predicted octanol–water partition coefficient (Wildman–Crippen LogP) is 0.832. The van der Waals surface area contributed by atoms with Gasteiger partial charge >= 0.3 is 0 Å². The molecule has 2 aliphatic carbocycles. The zero-order valence-corrected chi connectivity index (χ0v) is 2.73. The van der Waals surface area contributed by atoms with Gasteiger partial charge in [0, 0.05) is 5.92 Å². The summed E-state index contributed by atoms with van der Waals surface area (Å²) in [6.07, 6.45) is 1.20. The minimum Gasteiger partial charge on any atom is -0.512 e. The molecule has 0 aromatic rings. The van der Waals surface area contributed by atoms with Crippen LogP contribution >= 0.6 is 0 Å². The van der Waals surface area contributed by atoms with Crippen molar-refractivity contribution in [3.8, 4) is 0 Å². The van der Waals surface area contributed by atoms with E-state index in [1.54, 1.807) is 0 Å². The van der Waals surface area contributed by atoms with Crippen LogP contribution in [0.25, 0.3) is 0 Å². The van der Waals surface area contributed by atoms with Gasteiger partial charge < -0.3 is 5.11 Å². The molecule has 0 radical (unpaired) electrons. The lowest BCUT2D eigenvalue weighted by Gasteiger charge is -1.71. The third kappa shape index (κ3) is 0.0630. The summed E-state index contributed by atoms with van der Waals surface area (Å²) in [5.74, 6) is 1.29. The highest BCUT2D eigenvalue weighted by molar-refractivity contribution is 5.51. The SMILES string of the molecule is OC1=C2CC12. The molecule has 2 aliphatic rings. The van der Waals surface area contributed by atoms with Crippen LogP contribution in [-0.2, 0) is 0 Å². The third-order valence-corrected chi connectivity index (χ3v) is 1.26. The van der Waals surface area contributed by atoms with Crippen molar-refractivity contribution >= 4 is 0 Å². The van der Waals surface area contributed by atoms with Gasteiger partial charge in [0.25, 0.3) is 0 Å². The number of rotatable bonds is 0. The molecule has 1 saturated carbocycles. The normalized spacial score (nSPS) is 41.2. The fourth-order valence-electron chi connectivity index (χ4n) is 0.537. The quantitative estimate of drug-likeness (QED) is 0.446. The van der Waals surface area contributed by atoms with Gasteiger partial charge in [0.2, 0.25) is 0 Å². The number of fused-ring (bicyclic) bond motifs is 1. The van der Waals surface area contributed by atoms with Crippen molar-refractivity contribution in [1.82, 2.24) is 0 Å². The molecule has 0 aliphatic heterocycles. The summed E-state index contributed by atoms with van der Waals surface area (Å²) in [6, 6.07) is 0. The highest BCUT2D eigenvalue weighted by Crippen LogP contribution is 2.59. The van der Waals surface area contributed by atoms with Gasteiger partial charge in [-0.15, -0.1) is 0 Å². The smallest absolute Gasteiger partial charge is 0.0998 e. The summed E-state index contributed by atoms with van der Waals surface area (Å²) in [4.78, 5) is 0. The van der Waals surface area contributed by atoms with Crippen LogP contribution in [0.5, 0.6) is 0 Å². The van der Waals surface area contributed by atoms with Crippen molar-refractivity contribution in [3.05, 3.63) is 11.3 Å². The van der Waals surface area contributed by atoms with Gasteiger partial charge in [-0.2, -0.15) is 0 Å². The number of hydrogen-bond donors (Lipinski definition) is 1. The average Bonchev–Trinajstić information content (AvgIpc) is 2.11. The maximum atomic E-state index is 8.36. The monoisotopic (exact) mass is 68.0 g/mol. The van der Waals surface area contributed by atoms with Crippen LogP contribution in [0.1, 0.15) is 6.42 Å². The van der Waals surface area contributed by atoms with E-state index in [-0.39, 0.29) is 0 Å². The topological polar surface area (TPSA) is 20.2 Å². The third-order valence-electron chi connectivity index (χ3n) is 1.26. The second-order valence-corrected chi connectivity index (χ2v) is 1.67. The zero-order chi connectivity index (χ0) is 3.44. The van der Waals surface area contributed by atoms with Gasteiger partial charge in [0.05, 0.1) is 5.76 Å². The van der Waals surface area contributed by atoms with Crippen LogP contribution in [-0.4, -0.2) is 5.11 Å². The maximum absolute atomic E-state index is 8.36. The van der Waals surface area contributed by atoms with Gasteiger partial charge in [-0.3, -0.25) is 0 Å². The Morgan fingerprint density at radius 1 is 1.80 bits per heavy atom. The number of hydrogen-bond acceptors (Lipinski definition) is 1. The summed E-state index contributed by atoms with van der Waals surface area (Å²) >= 11 is 0. The Balaban J connectivity index is 2.55. The van der Waals surface area contributed by atoms with Gasteiger partial charge in [0.1, 0.15) is 0 Å². The van der Waals surface area contributed by atoms with Crippen LogP contribution in [0.3, 0.4) is 0 Å². The van der Waals surface area contributed by atoms with E-state index in [0.29, 0.717) is 11.7 Å². The van der Waals surface area contributed by atoms with Gasteiger partial charge in [-0.25, -0.2) is 0 Å². The standard InChI is InChI=1S/C4H4O/c5-4-2-1-3(2)4/h2,5H,1H2. The Morgan fingerprint density at radius 2 is 2.20 bits per heavy atom. The van der Waals surface area contributed by atoms with Crippen LogP contribution in [0.4, 0.5) is 0 Å². The fourth-order valence-corrected chi connectivity index (χ4v) is 0.537. The number of aliphatic hydroxyl groups is 1. The molecule has 5 heavy (non-hydrogen) atoms. The first-order valence-electron chi connectivity index (χ1n) is 1.81. The number of allylic oxidation sites excluding steroid dienone is 2. The molecule has 0 aromatic heterocycles. The molecule has 1 atom stereocenters. The Bertz CT molecular complexity index is 107. The van der Waals surface area contributed by atoms with E-state index in [2.05, 4.69) is 0 Å². The summed E-state index contributed by atoms with van der Waals surface area (Å²) in [5.41, 5.74) is 1.31. The van der Waals surface area contributed by atoms with Crippen LogP contribution in [0.2, 0.25) is 0 Å². The molecule has 0 aromatic carbocycles. The second kappa shape index (κ2) is 0.251. The summed E-state index contributed by atoms with van der Waals surface area (Å²) in [6.45, 7) is 0. The molecule has 1 unspecified atom stereocenters. The van der Waals surface area contributed by atoms with Crippen molar-refractivity contribution in [3.63, 3.8) is 0 Å². The predicted molar refractivity (Wildman–Crippen MR) is 17.8 cm³/mol. The second-order valence-electron chi connectivity index (χ2n) is 1.67. The van der Waals surface area contributed by atoms with Crippen LogP contribution in [0.15, 0.2) is 11.3 Å². The molecule has 0 saturated heterocycles. The Kier molecular flexibility index (Phi) is 0.0930. The molecule has 1 heteroatoms. The fraction of sp³-hybridized carbons (Fsp3) is 0.500. The minimum atomic E-state index is 0.606. The molecule has 1 N–H and O–H groups in total. The van der Waals surface area contributed by atoms with Gasteiger partial charge in [-0.1, -0.05) is 0 Å². The van der Waals surface area contributed by atoms with Crippen molar-refractivity contribution in [2.75, 3.05) is 0 Å². The Labute approximate surface area is 29.9 Å². The van der Waals surface area contributed by atoms with E-state index in [9.17, 15) is 0 Å². The van der Waals surface area contributed by atoms with Crippen molar-refractivity contribution in [2.24, 2.45) is 5.92 Å². The van der Waals surface area contributed by atoms with Crippen LogP contribution in [0, 0.1) is 5.92 Å². The van der Waals surface area contributed by atoms with Crippen LogP contribution < -0.4 is 0 Å². The molecule has 0 heterocycles. The molecule has 1 fully saturated rings. The number of aliphatic hydroxyl groups excluding tert-OH is 1. The lowest BCUT2D eigenvalue weighted by molar-refractivity contribution is 0.408. The van der Waals surface area contributed by atoms with Crippen molar-refractivity contribution < 1.29 is 5.11 Å². The van der Waals surface area contributed by atoms with Crippen molar-refractivity contribution in [1.29, 1.82) is 0 Å². The average molecular weight is 68.1 g/mol. The van der Waals surface area contributed by atoms with E-state index in [4.69, 9.17) is 5.11 Å². The molecular weight excluding hydrogens is 64.0 g/mol. The molecular formula is C4H4O. The first-order valence-corrected chi connectivity index (χ1v) is 1.81. The first kappa shape index (κ1) is 1.85. The summed E-state index contributed by atoms with van der Waals surface area (Å²) in [7, 11) is 0. The Hall–Kier alpha value is -0.460. The Morgan fingerprint density at radius 3 is 2.20 bits per heavy atom. The molecule has 0 bridgehead atoms. The molecule has 2 rings (SSSR count). The zero-order valence-electron chi connectivity index (χ0n) is 2.73. The molecule has 1 nitrogen and oxygen atoms in total. The molecule has 0 spiro atoms. The highest BCUT2D eigenvalue weighted by Gasteiger charge is 2.51. The van der Waals surface area contributed by atoms with E-state index in [1.165, 1.54) is 12.0 Å². The lowest BCUT2D eigenvalue weighted by Crippen LogP contribution is -1.62. The molecule has 0 amide bonds. The summed E-state index contributed by atoms with van der Waals surface area (Å²) < 4.78 is 0. The summed E-state index contributed by atoms with van der Waals surface area (Å²) in [5, 5.41) is 8.36. The lowest BCUT2D eigenvalue weighted by atomic mass is 10.5. The van der Waals surface area contributed by atoms with E-state index in [1.807, 2.05) is 0 Å². The first-order chi connectivity index (χ1) is 2.39. The minimum absolute atomic E-state index is 0.606. The molecule has 26 valence electrons. The van der Waals surface area contributed by atoms with E-state index >= 15 is 0 Å². The van der Waals surface area contributed by atoms with Crippen molar-refractivity contribution in [2.45, 2.75) is 6.42 Å². The van der Waals surface area contributed by atoms with Gasteiger partial charge in [0.15, 0.2) is 0 Å². The maximum Gasteiger partial charge on any atom is 0.0998 e. The van der Waals surface area contributed by atoms with E-state index < -0.39 is 0 Å².